The van der Waals surface area contributed by atoms with Crippen LogP contribution >= 0.6 is 37.5 Å². The van der Waals surface area contributed by atoms with Crippen LogP contribution in [0.25, 0.3) is 0 Å². The van der Waals surface area contributed by atoms with Gasteiger partial charge >= 0.3 is 0 Å². The summed E-state index contributed by atoms with van der Waals surface area (Å²) in [4.78, 5) is 0. The van der Waals surface area contributed by atoms with Crippen molar-refractivity contribution in [2.24, 2.45) is 0 Å². The summed E-state index contributed by atoms with van der Waals surface area (Å²) in [6, 6.07) is 0. The van der Waals surface area contributed by atoms with Crippen LogP contribution in [-0.4, -0.2) is 9.13 Å². The molecule has 1 aromatic heterocycles. The van der Waals surface area contributed by atoms with E-state index in [9.17, 15) is 0 Å². The SMILES string of the molecule is CCCCCn1c(S)c(S)n(CC)c1=S. The van der Waals surface area contributed by atoms with E-state index in [-0.39, 0.29) is 0 Å². The molecule has 15 heavy (non-hydrogen) atoms. The van der Waals surface area contributed by atoms with Crippen LogP contribution in [0.3, 0.4) is 0 Å². The minimum absolute atomic E-state index is 0.837. The van der Waals surface area contributed by atoms with Crippen molar-refractivity contribution < 1.29 is 0 Å². The maximum Gasteiger partial charge on any atom is 0.181 e. The zero-order valence-electron chi connectivity index (χ0n) is 9.23. The van der Waals surface area contributed by atoms with E-state index >= 15 is 0 Å². The lowest BCUT2D eigenvalue weighted by Crippen LogP contribution is -2.01. The molecule has 1 heterocycles. The highest BCUT2D eigenvalue weighted by molar-refractivity contribution is 7.83. The van der Waals surface area contributed by atoms with E-state index in [1.807, 2.05) is 4.57 Å². The second-order valence-electron chi connectivity index (χ2n) is 3.53. The third-order valence-corrected chi connectivity index (χ3v) is 4.00. The first-order valence-electron chi connectivity index (χ1n) is 5.34. The van der Waals surface area contributed by atoms with E-state index in [1.165, 1.54) is 12.8 Å². The van der Waals surface area contributed by atoms with E-state index in [4.69, 9.17) is 12.2 Å². The highest BCUT2D eigenvalue weighted by Crippen LogP contribution is 2.22. The van der Waals surface area contributed by atoms with Crippen molar-refractivity contribution in [3.05, 3.63) is 4.77 Å². The highest BCUT2D eigenvalue weighted by Gasteiger charge is 2.10. The monoisotopic (exact) mass is 262 g/mol. The van der Waals surface area contributed by atoms with Gasteiger partial charge in [0.2, 0.25) is 0 Å². The van der Waals surface area contributed by atoms with Gasteiger partial charge in [0.25, 0.3) is 0 Å². The van der Waals surface area contributed by atoms with Crippen LogP contribution in [0.2, 0.25) is 0 Å². The Bertz CT molecular complexity index is 379. The first-order chi connectivity index (χ1) is 7.13. The smallest absolute Gasteiger partial charge is 0.181 e. The van der Waals surface area contributed by atoms with Crippen molar-refractivity contribution in [1.82, 2.24) is 9.13 Å². The number of rotatable bonds is 5. The maximum atomic E-state index is 5.38. The molecule has 0 aliphatic heterocycles. The Morgan fingerprint density at radius 1 is 1.07 bits per heavy atom. The van der Waals surface area contributed by atoms with Crippen LogP contribution in [0.15, 0.2) is 10.1 Å². The first kappa shape index (κ1) is 13.2. The zero-order valence-corrected chi connectivity index (χ0v) is 11.8. The summed E-state index contributed by atoms with van der Waals surface area (Å²) in [5.41, 5.74) is 0. The fraction of sp³-hybridized carbons (Fsp3) is 0.700. The number of aromatic nitrogens is 2. The predicted octanol–water partition coefficient (Wildman–Crippen LogP) is 3.81. The average molecular weight is 262 g/mol. The van der Waals surface area contributed by atoms with Crippen LogP contribution in [0.1, 0.15) is 33.1 Å². The Balaban J connectivity index is 2.93. The van der Waals surface area contributed by atoms with Crippen molar-refractivity contribution in [1.29, 1.82) is 0 Å². The molecule has 2 nitrogen and oxygen atoms in total. The Hall–Kier alpha value is 0.130. The lowest BCUT2D eigenvalue weighted by molar-refractivity contribution is 0.561. The van der Waals surface area contributed by atoms with Gasteiger partial charge < -0.3 is 9.13 Å². The summed E-state index contributed by atoms with van der Waals surface area (Å²) < 4.78 is 4.91. The average Bonchev–Trinajstić information content (AvgIpc) is 2.42. The van der Waals surface area contributed by atoms with Crippen molar-refractivity contribution in [2.45, 2.75) is 56.3 Å². The summed E-state index contributed by atoms with van der Waals surface area (Å²) in [5.74, 6) is 0. The van der Waals surface area contributed by atoms with Gasteiger partial charge in [-0.15, -0.1) is 25.3 Å². The standard InChI is InChI=1S/C10H18N2S3/c1-3-5-6-7-12-9(14)8(13)11(4-2)10(12)15/h13-14H,3-7H2,1-2H3. The Morgan fingerprint density at radius 3 is 2.13 bits per heavy atom. The number of thiol groups is 2. The molecule has 0 fully saturated rings. The molecule has 1 rings (SSSR count). The normalized spacial score (nSPS) is 10.9. The molecule has 0 saturated carbocycles. The van der Waals surface area contributed by atoms with Crippen LogP contribution in [-0.2, 0) is 13.1 Å². The van der Waals surface area contributed by atoms with E-state index < -0.39 is 0 Å². The Morgan fingerprint density at radius 2 is 1.67 bits per heavy atom. The topological polar surface area (TPSA) is 9.86 Å². The Kier molecular flexibility index (Phi) is 5.29. The Labute approximate surface area is 108 Å². The van der Waals surface area contributed by atoms with Crippen molar-refractivity contribution in [3.8, 4) is 0 Å². The highest BCUT2D eigenvalue weighted by atomic mass is 32.1. The largest absolute Gasteiger partial charge is 0.311 e. The fourth-order valence-electron chi connectivity index (χ4n) is 1.57. The number of unbranched alkanes of at least 4 members (excludes halogenated alkanes) is 2. The molecule has 0 aromatic carbocycles. The summed E-state index contributed by atoms with van der Waals surface area (Å²) >= 11 is 14.3. The molecule has 0 saturated heterocycles. The molecule has 0 atom stereocenters. The number of imidazole rings is 1. The summed E-state index contributed by atoms with van der Waals surface area (Å²) in [6.45, 7) is 6.07. The summed E-state index contributed by atoms with van der Waals surface area (Å²) in [5, 5.41) is 1.77. The van der Waals surface area contributed by atoms with Crippen molar-refractivity contribution >= 4 is 37.5 Å². The van der Waals surface area contributed by atoms with Gasteiger partial charge in [0.15, 0.2) is 4.77 Å². The van der Waals surface area contributed by atoms with Gasteiger partial charge in [-0.1, -0.05) is 19.8 Å². The minimum atomic E-state index is 0.837. The van der Waals surface area contributed by atoms with Crippen molar-refractivity contribution in [3.63, 3.8) is 0 Å². The number of hydrogen-bond donors (Lipinski definition) is 2. The lowest BCUT2D eigenvalue weighted by Gasteiger charge is -2.03. The summed E-state index contributed by atoms with van der Waals surface area (Å²) in [6.07, 6.45) is 3.60. The molecular weight excluding hydrogens is 244 g/mol. The van der Waals surface area contributed by atoms with Gasteiger partial charge in [-0.05, 0) is 25.6 Å². The van der Waals surface area contributed by atoms with Gasteiger partial charge in [-0.3, -0.25) is 0 Å². The van der Waals surface area contributed by atoms with Crippen LogP contribution < -0.4 is 0 Å². The van der Waals surface area contributed by atoms with Crippen molar-refractivity contribution in [2.75, 3.05) is 0 Å². The first-order valence-corrected chi connectivity index (χ1v) is 6.65. The molecule has 1 aromatic rings. The molecule has 0 aliphatic carbocycles. The molecule has 0 radical (unpaired) electrons. The molecule has 86 valence electrons. The van der Waals surface area contributed by atoms with Crippen LogP contribution in [0.5, 0.6) is 0 Å². The van der Waals surface area contributed by atoms with Crippen LogP contribution in [0, 0.1) is 4.77 Å². The van der Waals surface area contributed by atoms with Gasteiger partial charge in [0.1, 0.15) is 10.1 Å². The van der Waals surface area contributed by atoms with Gasteiger partial charge in [0.05, 0.1) is 0 Å². The second-order valence-corrected chi connectivity index (χ2v) is 4.75. The van der Waals surface area contributed by atoms with E-state index in [1.54, 1.807) is 0 Å². The van der Waals surface area contributed by atoms with Gasteiger partial charge in [-0.2, -0.15) is 0 Å². The zero-order chi connectivity index (χ0) is 11.4. The third-order valence-electron chi connectivity index (χ3n) is 2.47. The predicted molar refractivity (Wildman–Crippen MR) is 73.0 cm³/mol. The van der Waals surface area contributed by atoms with E-state index in [0.29, 0.717) is 0 Å². The molecule has 0 spiro atoms. The maximum absolute atomic E-state index is 5.38. The minimum Gasteiger partial charge on any atom is -0.311 e. The molecule has 0 bridgehead atoms. The molecule has 0 aliphatic rings. The molecule has 0 N–H and O–H groups in total. The molecule has 5 heteroatoms. The quantitative estimate of drug-likeness (QED) is 0.466. The molecular formula is C10H18N2S3. The third kappa shape index (κ3) is 2.82. The number of nitrogens with zero attached hydrogens (tertiary/aromatic N) is 2. The molecule has 0 amide bonds. The second kappa shape index (κ2) is 6.01. The van der Waals surface area contributed by atoms with Gasteiger partial charge in [-0.25, -0.2) is 0 Å². The number of hydrogen-bond acceptors (Lipinski definition) is 3. The van der Waals surface area contributed by atoms with E-state index in [2.05, 4.69) is 43.7 Å². The van der Waals surface area contributed by atoms with Gasteiger partial charge in [0, 0.05) is 13.1 Å². The fourth-order valence-corrected chi connectivity index (χ4v) is 2.79. The van der Waals surface area contributed by atoms with E-state index in [0.717, 1.165) is 34.3 Å². The lowest BCUT2D eigenvalue weighted by atomic mass is 10.2. The van der Waals surface area contributed by atoms with Crippen LogP contribution in [0.4, 0.5) is 0 Å². The molecule has 0 unspecified atom stereocenters. The summed E-state index contributed by atoms with van der Waals surface area (Å²) in [7, 11) is 0.